The molecule has 0 fully saturated rings. The van der Waals surface area contributed by atoms with Gasteiger partial charge in [0.15, 0.2) is 0 Å². The Balaban J connectivity index is 2.23. The minimum Gasteiger partial charge on any atom is -0.271 e. The van der Waals surface area contributed by atoms with Gasteiger partial charge in [0.2, 0.25) is 0 Å². The number of nitrogens with two attached hydrogens (primary N) is 1. The van der Waals surface area contributed by atoms with Gasteiger partial charge in [0.25, 0.3) is 0 Å². The molecule has 1 aromatic carbocycles. The van der Waals surface area contributed by atoms with Gasteiger partial charge in [-0.1, -0.05) is 28.1 Å². The largest absolute Gasteiger partial charge is 0.271 e. The molecule has 18 heavy (non-hydrogen) atoms. The van der Waals surface area contributed by atoms with Gasteiger partial charge in [-0.15, -0.1) is 0 Å². The smallest absolute Gasteiger partial charge is 0.124 e. The quantitative estimate of drug-likeness (QED) is 0.674. The molecule has 0 saturated heterocycles. The van der Waals surface area contributed by atoms with Crippen molar-refractivity contribution in [1.82, 2.24) is 10.4 Å². The molecule has 0 amide bonds. The zero-order valence-electron chi connectivity index (χ0n) is 9.61. The number of hydrogen-bond acceptors (Lipinski definition) is 3. The molecule has 1 aromatic heterocycles. The predicted octanol–water partition coefficient (Wildman–Crippen LogP) is 2.73. The average Bonchev–Trinajstić information content (AvgIpc) is 2.38. The third-order valence-electron chi connectivity index (χ3n) is 2.70. The third kappa shape index (κ3) is 3.13. The number of hydrogen-bond donors (Lipinski definition) is 2. The van der Waals surface area contributed by atoms with E-state index in [1.807, 2.05) is 12.1 Å². The summed E-state index contributed by atoms with van der Waals surface area (Å²) in [7, 11) is 0. The molecule has 0 radical (unpaired) electrons. The van der Waals surface area contributed by atoms with Crippen molar-refractivity contribution in [2.24, 2.45) is 5.84 Å². The molecule has 5 heteroatoms. The van der Waals surface area contributed by atoms with Gasteiger partial charge in [0.05, 0.1) is 6.04 Å². The number of nitrogens with zero attached hydrogens (tertiary/aromatic N) is 1. The van der Waals surface area contributed by atoms with Crippen molar-refractivity contribution >= 4 is 15.9 Å². The van der Waals surface area contributed by atoms with E-state index >= 15 is 0 Å². The first-order chi connectivity index (χ1) is 8.70. The fourth-order valence-electron chi connectivity index (χ4n) is 1.80. The van der Waals surface area contributed by atoms with Crippen LogP contribution in [0.3, 0.4) is 0 Å². The normalized spacial score (nSPS) is 12.4. The van der Waals surface area contributed by atoms with Crippen LogP contribution < -0.4 is 11.3 Å². The molecule has 3 nitrogen and oxygen atoms in total. The Kier molecular flexibility index (Phi) is 4.41. The van der Waals surface area contributed by atoms with Gasteiger partial charge >= 0.3 is 0 Å². The maximum Gasteiger partial charge on any atom is 0.124 e. The van der Waals surface area contributed by atoms with Crippen LogP contribution in [0.5, 0.6) is 0 Å². The number of pyridine rings is 1. The second kappa shape index (κ2) is 6.04. The number of halogens is 2. The number of aromatic nitrogens is 1. The summed E-state index contributed by atoms with van der Waals surface area (Å²) >= 11 is 3.35. The second-order valence-corrected chi connectivity index (χ2v) is 4.80. The van der Waals surface area contributed by atoms with Crippen LogP contribution in [-0.4, -0.2) is 4.98 Å². The highest BCUT2D eigenvalue weighted by Crippen LogP contribution is 2.26. The van der Waals surface area contributed by atoms with E-state index in [0.29, 0.717) is 10.9 Å². The van der Waals surface area contributed by atoms with E-state index in [-0.39, 0.29) is 11.9 Å². The van der Waals surface area contributed by atoms with Gasteiger partial charge in [-0.05, 0) is 35.7 Å². The number of hydrazine groups is 1. The number of nitrogens with one attached hydrogen (secondary N) is 1. The molecule has 1 heterocycles. The lowest BCUT2D eigenvalue weighted by molar-refractivity contribution is 0.546. The first-order valence-corrected chi connectivity index (χ1v) is 6.30. The van der Waals surface area contributed by atoms with Gasteiger partial charge in [0.1, 0.15) is 5.82 Å². The summed E-state index contributed by atoms with van der Waals surface area (Å²) in [6.07, 6.45) is 4.21. The maximum absolute atomic E-state index is 13.1. The van der Waals surface area contributed by atoms with Crippen LogP contribution in [0.25, 0.3) is 0 Å². The van der Waals surface area contributed by atoms with Gasteiger partial charge in [0, 0.05) is 16.9 Å². The van der Waals surface area contributed by atoms with Crippen molar-refractivity contribution < 1.29 is 4.39 Å². The molecule has 0 aliphatic heterocycles. The molecule has 0 bridgehead atoms. The first kappa shape index (κ1) is 13.1. The zero-order chi connectivity index (χ0) is 13.0. The Morgan fingerprint density at radius 1 is 1.39 bits per heavy atom. The topological polar surface area (TPSA) is 50.9 Å². The Bertz CT molecular complexity index is 519. The highest BCUT2D eigenvalue weighted by atomic mass is 79.9. The maximum atomic E-state index is 13.1. The molecule has 94 valence electrons. The van der Waals surface area contributed by atoms with E-state index in [1.165, 1.54) is 12.1 Å². The fourth-order valence-corrected chi connectivity index (χ4v) is 2.42. The fraction of sp³-hybridized carbons (Fsp3) is 0.154. The van der Waals surface area contributed by atoms with Crippen LogP contribution in [0.2, 0.25) is 0 Å². The van der Waals surface area contributed by atoms with Gasteiger partial charge in [-0.25, -0.2) is 4.39 Å². The van der Waals surface area contributed by atoms with Gasteiger partial charge < -0.3 is 0 Å². The Morgan fingerprint density at radius 2 is 2.22 bits per heavy atom. The summed E-state index contributed by atoms with van der Waals surface area (Å²) in [6.45, 7) is 0. The Labute approximate surface area is 113 Å². The van der Waals surface area contributed by atoms with Crippen LogP contribution in [0, 0.1) is 5.82 Å². The molecule has 0 aliphatic carbocycles. The third-order valence-corrected chi connectivity index (χ3v) is 3.39. The van der Waals surface area contributed by atoms with Crippen LogP contribution in [0.1, 0.15) is 17.2 Å². The van der Waals surface area contributed by atoms with Crippen molar-refractivity contribution in [2.75, 3.05) is 0 Å². The summed E-state index contributed by atoms with van der Waals surface area (Å²) in [6, 6.07) is 8.35. The predicted molar refractivity (Wildman–Crippen MR) is 72.1 cm³/mol. The second-order valence-electron chi connectivity index (χ2n) is 3.95. The molecule has 1 unspecified atom stereocenters. The summed E-state index contributed by atoms with van der Waals surface area (Å²) in [4.78, 5) is 4.06. The molecular weight excluding hydrogens is 297 g/mol. The standard InChI is InChI=1S/C13H13BrFN3/c14-12-7-10(15)3-4-11(12)13(18-16)6-9-2-1-5-17-8-9/h1-5,7-8,13,18H,6,16H2. The van der Waals surface area contributed by atoms with Crippen LogP contribution in [0.15, 0.2) is 47.2 Å². The van der Waals surface area contributed by atoms with Crippen molar-refractivity contribution in [3.63, 3.8) is 0 Å². The molecule has 2 rings (SSSR count). The first-order valence-electron chi connectivity index (χ1n) is 5.50. The summed E-state index contributed by atoms with van der Waals surface area (Å²) in [5, 5.41) is 0. The van der Waals surface area contributed by atoms with Gasteiger partial charge in [-0.2, -0.15) is 0 Å². The summed E-state index contributed by atoms with van der Waals surface area (Å²) < 4.78 is 13.8. The lowest BCUT2D eigenvalue weighted by Gasteiger charge is -2.17. The molecule has 0 aliphatic rings. The minimum atomic E-state index is -0.275. The van der Waals surface area contributed by atoms with Crippen LogP contribution in [0.4, 0.5) is 4.39 Å². The van der Waals surface area contributed by atoms with Crippen molar-refractivity contribution in [3.05, 3.63) is 64.1 Å². The van der Waals surface area contributed by atoms with Crippen LogP contribution >= 0.6 is 15.9 Å². The van der Waals surface area contributed by atoms with E-state index in [2.05, 4.69) is 26.3 Å². The van der Waals surface area contributed by atoms with E-state index in [0.717, 1.165) is 11.1 Å². The van der Waals surface area contributed by atoms with Crippen molar-refractivity contribution in [3.8, 4) is 0 Å². The lowest BCUT2D eigenvalue weighted by atomic mass is 10.0. The molecule has 0 spiro atoms. The Morgan fingerprint density at radius 3 is 2.83 bits per heavy atom. The number of benzene rings is 1. The molecule has 3 N–H and O–H groups in total. The molecular formula is C13H13BrFN3. The Hall–Kier alpha value is -1.30. The highest BCUT2D eigenvalue weighted by molar-refractivity contribution is 9.10. The van der Waals surface area contributed by atoms with E-state index in [9.17, 15) is 4.39 Å². The average molecular weight is 310 g/mol. The SMILES string of the molecule is NNC(Cc1cccnc1)c1ccc(F)cc1Br. The molecule has 1 atom stereocenters. The number of rotatable bonds is 4. The van der Waals surface area contributed by atoms with Gasteiger partial charge in [-0.3, -0.25) is 16.3 Å². The van der Waals surface area contributed by atoms with Crippen molar-refractivity contribution in [1.29, 1.82) is 0 Å². The van der Waals surface area contributed by atoms with Crippen LogP contribution in [-0.2, 0) is 6.42 Å². The summed E-state index contributed by atoms with van der Waals surface area (Å²) in [5.41, 5.74) is 4.73. The van der Waals surface area contributed by atoms with E-state index < -0.39 is 0 Å². The zero-order valence-corrected chi connectivity index (χ0v) is 11.2. The highest BCUT2D eigenvalue weighted by Gasteiger charge is 2.14. The minimum absolute atomic E-state index is 0.0934. The monoisotopic (exact) mass is 309 g/mol. The van der Waals surface area contributed by atoms with E-state index in [1.54, 1.807) is 18.5 Å². The van der Waals surface area contributed by atoms with E-state index in [4.69, 9.17) is 5.84 Å². The molecule has 0 saturated carbocycles. The molecule has 2 aromatic rings. The lowest BCUT2D eigenvalue weighted by Crippen LogP contribution is -2.29. The van der Waals surface area contributed by atoms with Crippen molar-refractivity contribution in [2.45, 2.75) is 12.5 Å². The summed E-state index contributed by atoms with van der Waals surface area (Å²) in [5.74, 6) is 5.30.